The monoisotopic (exact) mass is 112 g/mol. The van der Waals surface area contributed by atoms with Gasteiger partial charge in [0.25, 0.3) is 0 Å². The lowest BCUT2D eigenvalue weighted by molar-refractivity contribution is -0.114. The fraction of sp³-hybridized carbons (Fsp3) is 0.500. The molecule has 0 radical (unpaired) electrons. The zero-order chi connectivity index (χ0) is 5.98. The summed E-state index contributed by atoms with van der Waals surface area (Å²) >= 11 is 0. The predicted molar refractivity (Wildman–Crippen MR) is 29.3 cm³/mol. The van der Waals surface area contributed by atoms with E-state index in [2.05, 4.69) is 0 Å². The molecule has 0 unspecified atom stereocenters. The molecule has 1 aliphatic carbocycles. The van der Waals surface area contributed by atoms with Crippen molar-refractivity contribution in [1.82, 2.24) is 0 Å². The van der Waals surface area contributed by atoms with E-state index in [4.69, 9.17) is 5.11 Å². The van der Waals surface area contributed by atoms with Gasteiger partial charge < -0.3 is 5.11 Å². The number of rotatable bonds is 1. The highest BCUT2D eigenvalue weighted by Gasteiger charge is 2.13. The molecule has 0 fully saturated rings. The van der Waals surface area contributed by atoms with Crippen LogP contribution >= 0.6 is 0 Å². The van der Waals surface area contributed by atoms with E-state index in [1.807, 2.05) is 0 Å². The van der Waals surface area contributed by atoms with Crippen molar-refractivity contribution in [3.8, 4) is 0 Å². The molecule has 44 valence electrons. The van der Waals surface area contributed by atoms with Gasteiger partial charge in [0.05, 0.1) is 0 Å². The molecule has 1 N–H and O–H groups in total. The van der Waals surface area contributed by atoms with Crippen LogP contribution in [0.1, 0.15) is 6.42 Å². The standard InChI is InChI=1S/C6H8O2/c7-4-5-1-2-6(8)3-5/h1-2,5,7H,3-4H2/t5-/m0/s1. The van der Waals surface area contributed by atoms with Gasteiger partial charge in [-0.3, -0.25) is 4.79 Å². The first-order chi connectivity index (χ1) is 3.83. The molecular formula is C6H8O2. The third-order valence-corrected chi connectivity index (χ3v) is 1.25. The summed E-state index contributed by atoms with van der Waals surface area (Å²) in [5.41, 5.74) is 0. The smallest absolute Gasteiger partial charge is 0.156 e. The molecule has 0 heterocycles. The van der Waals surface area contributed by atoms with Crippen molar-refractivity contribution < 1.29 is 9.90 Å². The minimum absolute atomic E-state index is 0.0994. The molecule has 0 saturated carbocycles. The number of ketones is 1. The van der Waals surface area contributed by atoms with E-state index < -0.39 is 0 Å². The number of aliphatic hydroxyl groups is 1. The Balaban J connectivity index is 2.46. The van der Waals surface area contributed by atoms with Crippen LogP contribution in [0.5, 0.6) is 0 Å². The molecule has 0 aliphatic heterocycles. The lowest BCUT2D eigenvalue weighted by Crippen LogP contribution is -2.00. The molecular weight excluding hydrogens is 104 g/mol. The third kappa shape index (κ3) is 0.954. The first-order valence-corrected chi connectivity index (χ1v) is 2.65. The maximum absolute atomic E-state index is 10.4. The van der Waals surface area contributed by atoms with Crippen molar-refractivity contribution in [2.45, 2.75) is 6.42 Å². The molecule has 0 amide bonds. The van der Waals surface area contributed by atoms with Crippen molar-refractivity contribution in [3.05, 3.63) is 12.2 Å². The average Bonchev–Trinajstić information content (AvgIpc) is 2.14. The Bertz CT molecular complexity index is 126. The molecule has 0 saturated heterocycles. The highest BCUT2D eigenvalue weighted by molar-refractivity contribution is 5.92. The quantitative estimate of drug-likeness (QED) is 0.523. The van der Waals surface area contributed by atoms with Gasteiger partial charge in [0.2, 0.25) is 0 Å². The first kappa shape index (κ1) is 5.51. The van der Waals surface area contributed by atoms with Gasteiger partial charge in [-0.15, -0.1) is 0 Å². The van der Waals surface area contributed by atoms with Crippen LogP contribution in [-0.2, 0) is 4.79 Å². The zero-order valence-electron chi connectivity index (χ0n) is 4.50. The van der Waals surface area contributed by atoms with Crippen LogP contribution < -0.4 is 0 Å². The summed E-state index contributed by atoms with van der Waals surface area (Å²) < 4.78 is 0. The van der Waals surface area contributed by atoms with E-state index >= 15 is 0 Å². The Kier molecular flexibility index (Phi) is 1.44. The summed E-state index contributed by atoms with van der Waals surface area (Å²) in [6.45, 7) is 0.0994. The van der Waals surface area contributed by atoms with Crippen molar-refractivity contribution in [1.29, 1.82) is 0 Å². The summed E-state index contributed by atoms with van der Waals surface area (Å²) in [5.74, 6) is 0.228. The number of carbonyl (C=O) groups excluding carboxylic acids is 1. The second kappa shape index (κ2) is 2.09. The second-order valence-electron chi connectivity index (χ2n) is 1.97. The lowest BCUT2D eigenvalue weighted by atomic mass is 10.1. The van der Waals surface area contributed by atoms with Gasteiger partial charge in [0, 0.05) is 18.9 Å². The van der Waals surface area contributed by atoms with Gasteiger partial charge in [0.15, 0.2) is 5.78 Å². The van der Waals surface area contributed by atoms with Gasteiger partial charge in [-0.05, 0) is 6.08 Å². The van der Waals surface area contributed by atoms with Crippen LogP contribution in [0.4, 0.5) is 0 Å². The highest BCUT2D eigenvalue weighted by atomic mass is 16.3. The maximum atomic E-state index is 10.4. The molecule has 2 heteroatoms. The van der Waals surface area contributed by atoms with E-state index in [0.717, 1.165) is 0 Å². The predicted octanol–water partition coefficient (Wildman–Crippen LogP) is 0.124. The van der Waals surface area contributed by atoms with E-state index in [9.17, 15) is 4.79 Å². The third-order valence-electron chi connectivity index (χ3n) is 1.25. The van der Waals surface area contributed by atoms with Crippen LogP contribution in [0.15, 0.2) is 12.2 Å². The van der Waals surface area contributed by atoms with Gasteiger partial charge in [0.1, 0.15) is 0 Å². The topological polar surface area (TPSA) is 37.3 Å². The molecule has 1 aliphatic rings. The van der Waals surface area contributed by atoms with Crippen LogP contribution in [0, 0.1) is 5.92 Å². The van der Waals surface area contributed by atoms with E-state index in [-0.39, 0.29) is 18.3 Å². The van der Waals surface area contributed by atoms with Crippen LogP contribution in [-0.4, -0.2) is 17.5 Å². The minimum Gasteiger partial charge on any atom is -0.396 e. The van der Waals surface area contributed by atoms with Crippen molar-refractivity contribution in [2.24, 2.45) is 5.92 Å². The minimum atomic E-state index is 0.0994. The van der Waals surface area contributed by atoms with Gasteiger partial charge >= 0.3 is 0 Å². The Morgan fingerprint density at radius 1 is 1.88 bits per heavy atom. The summed E-state index contributed by atoms with van der Waals surface area (Å²) in [5, 5.41) is 8.48. The molecule has 0 aromatic rings. The largest absolute Gasteiger partial charge is 0.396 e. The molecule has 0 bridgehead atoms. The fourth-order valence-corrected chi connectivity index (χ4v) is 0.763. The Morgan fingerprint density at radius 2 is 2.62 bits per heavy atom. The number of aliphatic hydroxyl groups excluding tert-OH is 1. The summed E-state index contributed by atoms with van der Waals surface area (Å²) in [7, 11) is 0. The number of allylic oxidation sites excluding steroid dienone is 1. The van der Waals surface area contributed by atoms with Gasteiger partial charge in [-0.25, -0.2) is 0 Å². The maximum Gasteiger partial charge on any atom is 0.156 e. The second-order valence-corrected chi connectivity index (χ2v) is 1.97. The van der Waals surface area contributed by atoms with E-state index in [1.165, 1.54) is 6.08 Å². The SMILES string of the molecule is O=C1C=C[C@H](CO)C1. The van der Waals surface area contributed by atoms with E-state index in [0.29, 0.717) is 6.42 Å². The van der Waals surface area contributed by atoms with Crippen LogP contribution in [0.2, 0.25) is 0 Å². The number of carbonyl (C=O) groups is 1. The molecule has 0 aromatic carbocycles. The van der Waals surface area contributed by atoms with Crippen LogP contribution in [0.3, 0.4) is 0 Å². The summed E-state index contributed by atoms with van der Waals surface area (Å²) in [6, 6.07) is 0. The molecule has 2 nitrogen and oxygen atoms in total. The van der Waals surface area contributed by atoms with E-state index in [1.54, 1.807) is 6.08 Å². The lowest BCUT2D eigenvalue weighted by Gasteiger charge is -1.96. The molecule has 0 aromatic heterocycles. The summed E-state index contributed by atoms with van der Waals surface area (Å²) in [4.78, 5) is 10.4. The van der Waals surface area contributed by atoms with Crippen molar-refractivity contribution in [2.75, 3.05) is 6.61 Å². The Morgan fingerprint density at radius 3 is 2.88 bits per heavy atom. The average molecular weight is 112 g/mol. The Labute approximate surface area is 47.8 Å². The first-order valence-electron chi connectivity index (χ1n) is 2.65. The van der Waals surface area contributed by atoms with Crippen molar-refractivity contribution in [3.63, 3.8) is 0 Å². The van der Waals surface area contributed by atoms with Crippen LogP contribution in [0.25, 0.3) is 0 Å². The molecule has 1 atom stereocenters. The number of hydrogen-bond donors (Lipinski definition) is 1. The van der Waals surface area contributed by atoms with Gasteiger partial charge in [-0.1, -0.05) is 6.08 Å². The number of hydrogen-bond acceptors (Lipinski definition) is 2. The van der Waals surface area contributed by atoms with Gasteiger partial charge in [-0.2, -0.15) is 0 Å². The fourth-order valence-electron chi connectivity index (χ4n) is 0.763. The van der Waals surface area contributed by atoms with Crippen molar-refractivity contribution >= 4 is 5.78 Å². The summed E-state index contributed by atoms with van der Waals surface area (Å²) in [6.07, 6.45) is 3.78. The molecule has 1 rings (SSSR count). The highest BCUT2D eigenvalue weighted by Crippen LogP contribution is 2.11. The normalized spacial score (nSPS) is 27.1. The Hall–Kier alpha value is -0.630. The molecule has 8 heavy (non-hydrogen) atoms. The molecule has 0 spiro atoms. The zero-order valence-corrected chi connectivity index (χ0v) is 4.50.